The second-order valence-electron chi connectivity index (χ2n) is 5.10. The molecule has 1 unspecified atom stereocenters. The molecule has 0 amide bonds. The fourth-order valence-corrected chi connectivity index (χ4v) is 2.06. The highest BCUT2D eigenvalue weighted by Gasteiger charge is 2.32. The molecule has 0 radical (unpaired) electrons. The van der Waals surface area contributed by atoms with Gasteiger partial charge in [-0.15, -0.1) is 10.2 Å². The predicted octanol–water partition coefficient (Wildman–Crippen LogP) is 4.15. The topological polar surface area (TPSA) is 72.9 Å². The van der Waals surface area contributed by atoms with Gasteiger partial charge in [0.1, 0.15) is 5.75 Å². The summed E-state index contributed by atoms with van der Waals surface area (Å²) in [5.74, 6) is 0.731. The molecule has 3 rings (SSSR count). The number of para-hydroxylation sites is 1. The van der Waals surface area contributed by atoms with Gasteiger partial charge in [0, 0.05) is 0 Å². The van der Waals surface area contributed by atoms with Gasteiger partial charge < -0.3 is 9.47 Å². The molecule has 25 heavy (non-hydrogen) atoms. The van der Waals surface area contributed by atoms with Gasteiger partial charge >= 0.3 is 6.18 Å². The highest BCUT2D eigenvalue weighted by molar-refractivity contribution is 5.46. The van der Waals surface area contributed by atoms with E-state index >= 15 is 0 Å². The number of benzene rings is 2. The van der Waals surface area contributed by atoms with Crippen molar-refractivity contribution in [3.8, 4) is 17.2 Å². The summed E-state index contributed by atoms with van der Waals surface area (Å²) in [6.45, 7) is 1.65. The summed E-state index contributed by atoms with van der Waals surface area (Å²) >= 11 is 0. The van der Waals surface area contributed by atoms with E-state index in [1.807, 2.05) is 0 Å². The monoisotopic (exact) mass is 350 g/mol. The zero-order valence-corrected chi connectivity index (χ0v) is 13.0. The van der Waals surface area contributed by atoms with Gasteiger partial charge in [-0.1, -0.05) is 23.4 Å². The van der Waals surface area contributed by atoms with E-state index in [1.54, 1.807) is 37.3 Å². The van der Waals surface area contributed by atoms with E-state index in [-0.39, 0.29) is 17.3 Å². The summed E-state index contributed by atoms with van der Waals surface area (Å²) in [7, 11) is 0. The number of halogens is 3. The van der Waals surface area contributed by atoms with Crippen LogP contribution in [0.2, 0.25) is 0 Å². The Labute approximate surface area is 140 Å². The molecule has 0 aliphatic carbocycles. The van der Waals surface area contributed by atoms with Crippen molar-refractivity contribution in [2.75, 3.05) is 0 Å². The lowest BCUT2D eigenvalue weighted by molar-refractivity contribution is -0.137. The molecule has 1 aromatic heterocycles. The standard InChI is InChI=1S/C16H13F3N4O2/c1-10(15-20-22-23-21-15)24-13-8-7-11(16(17,18)19)9-14(13)25-12-5-3-2-4-6-12/h2-10H,1H3,(H,20,21,22,23). The number of aromatic nitrogens is 4. The van der Waals surface area contributed by atoms with Crippen molar-refractivity contribution in [1.29, 1.82) is 0 Å². The maximum Gasteiger partial charge on any atom is 0.416 e. The van der Waals surface area contributed by atoms with Crippen molar-refractivity contribution < 1.29 is 22.6 Å². The van der Waals surface area contributed by atoms with E-state index < -0.39 is 17.8 Å². The fraction of sp³-hybridized carbons (Fsp3) is 0.188. The highest BCUT2D eigenvalue weighted by atomic mass is 19.4. The summed E-state index contributed by atoms with van der Waals surface area (Å²) in [4.78, 5) is 0. The smallest absolute Gasteiger partial charge is 0.416 e. The largest absolute Gasteiger partial charge is 0.479 e. The van der Waals surface area contributed by atoms with Crippen LogP contribution in [0.15, 0.2) is 48.5 Å². The van der Waals surface area contributed by atoms with Crippen LogP contribution in [0.3, 0.4) is 0 Å². The van der Waals surface area contributed by atoms with Gasteiger partial charge in [0.15, 0.2) is 17.6 Å². The number of H-pyrrole nitrogens is 1. The molecule has 0 fully saturated rings. The molecule has 9 heteroatoms. The normalized spacial score (nSPS) is 12.6. The first-order valence-corrected chi connectivity index (χ1v) is 7.27. The Morgan fingerprint density at radius 1 is 1.04 bits per heavy atom. The van der Waals surface area contributed by atoms with Crippen molar-refractivity contribution >= 4 is 0 Å². The lowest BCUT2D eigenvalue weighted by atomic mass is 10.2. The Kier molecular flexibility index (Phi) is 4.55. The van der Waals surface area contributed by atoms with Crippen LogP contribution in [0.4, 0.5) is 13.2 Å². The molecule has 0 saturated carbocycles. The third kappa shape index (κ3) is 4.06. The molecule has 6 nitrogen and oxygen atoms in total. The summed E-state index contributed by atoms with van der Waals surface area (Å²) in [5.41, 5.74) is -0.835. The van der Waals surface area contributed by atoms with Gasteiger partial charge in [0.2, 0.25) is 5.82 Å². The number of ether oxygens (including phenoxy) is 2. The summed E-state index contributed by atoms with van der Waals surface area (Å²) in [6, 6.07) is 11.5. The summed E-state index contributed by atoms with van der Waals surface area (Å²) in [5, 5.41) is 13.3. The number of rotatable bonds is 5. The van der Waals surface area contributed by atoms with E-state index in [0.29, 0.717) is 5.75 Å². The molecule has 1 heterocycles. The van der Waals surface area contributed by atoms with E-state index in [9.17, 15) is 13.2 Å². The molecule has 130 valence electrons. The number of nitrogens with zero attached hydrogens (tertiary/aromatic N) is 3. The van der Waals surface area contributed by atoms with Crippen molar-refractivity contribution in [2.24, 2.45) is 0 Å². The van der Waals surface area contributed by atoms with Crippen LogP contribution < -0.4 is 9.47 Å². The highest BCUT2D eigenvalue weighted by Crippen LogP contribution is 2.39. The van der Waals surface area contributed by atoms with Crippen molar-refractivity contribution in [2.45, 2.75) is 19.2 Å². The maximum atomic E-state index is 13.0. The van der Waals surface area contributed by atoms with Crippen LogP contribution in [-0.4, -0.2) is 20.6 Å². The molecule has 0 spiro atoms. The molecule has 1 atom stereocenters. The van der Waals surface area contributed by atoms with Gasteiger partial charge in [-0.3, -0.25) is 0 Å². The zero-order chi connectivity index (χ0) is 17.9. The van der Waals surface area contributed by atoms with Crippen LogP contribution in [0.1, 0.15) is 24.4 Å². The Morgan fingerprint density at radius 3 is 2.44 bits per heavy atom. The SMILES string of the molecule is CC(Oc1ccc(C(F)(F)F)cc1Oc1ccccc1)c1nn[nH]n1. The Hall–Kier alpha value is -3.10. The third-order valence-electron chi connectivity index (χ3n) is 3.27. The van der Waals surface area contributed by atoms with Crippen molar-refractivity contribution in [3.63, 3.8) is 0 Å². The predicted molar refractivity (Wildman–Crippen MR) is 81.2 cm³/mol. The van der Waals surface area contributed by atoms with Crippen molar-refractivity contribution in [3.05, 3.63) is 59.9 Å². The van der Waals surface area contributed by atoms with E-state index in [4.69, 9.17) is 9.47 Å². The first-order valence-electron chi connectivity index (χ1n) is 7.27. The molecular weight excluding hydrogens is 337 g/mol. The Bertz CT molecular complexity index is 823. The number of hydrogen-bond acceptors (Lipinski definition) is 5. The van der Waals surface area contributed by atoms with Gasteiger partial charge in [0.05, 0.1) is 5.56 Å². The number of alkyl halides is 3. The second-order valence-corrected chi connectivity index (χ2v) is 5.10. The fourth-order valence-electron chi connectivity index (χ4n) is 2.06. The Balaban J connectivity index is 1.93. The molecule has 0 bridgehead atoms. The minimum Gasteiger partial charge on any atom is -0.479 e. The Morgan fingerprint density at radius 2 is 1.80 bits per heavy atom. The molecule has 3 aromatic rings. The molecule has 2 aromatic carbocycles. The lowest BCUT2D eigenvalue weighted by Gasteiger charge is -2.17. The third-order valence-corrected chi connectivity index (χ3v) is 3.27. The van der Waals surface area contributed by atoms with Gasteiger partial charge in [0.25, 0.3) is 0 Å². The zero-order valence-electron chi connectivity index (χ0n) is 13.0. The molecular formula is C16H13F3N4O2. The van der Waals surface area contributed by atoms with Crippen molar-refractivity contribution in [1.82, 2.24) is 20.6 Å². The molecule has 1 N–H and O–H groups in total. The van der Waals surface area contributed by atoms with Gasteiger partial charge in [-0.05, 0) is 37.3 Å². The summed E-state index contributed by atoms with van der Waals surface area (Å²) in [6.07, 6.45) is -5.12. The first-order chi connectivity index (χ1) is 11.9. The van der Waals surface area contributed by atoms with Crippen LogP contribution in [0.25, 0.3) is 0 Å². The number of aromatic amines is 1. The summed E-state index contributed by atoms with van der Waals surface area (Å²) < 4.78 is 50.2. The minimum atomic E-state index is -4.49. The molecule has 0 aliphatic rings. The first kappa shape index (κ1) is 16.7. The van der Waals surface area contributed by atoms with Crippen LogP contribution in [-0.2, 0) is 6.18 Å². The second kappa shape index (κ2) is 6.80. The number of hydrogen-bond donors (Lipinski definition) is 1. The van der Waals surface area contributed by atoms with E-state index in [0.717, 1.165) is 12.1 Å². The van der Waals surface area contributed by atoms with Gasteiger partial charge in [-0.25, -0.2) is 0 Å². The number of nitrogens with one attached hydrogen (secondary N) is 1. The van der Waals surface area contributed by atoms with Crippen LogP contribution in [0, 0.1) is 0 Å². The molecule has 0 aliphatic heterocycles. The average Bonchev–Trinajstić information content (AvgIpc) is 3.11. The van der Waals surface area contributed by atoms with E-state index in [2.05, 4.69) is 20.6 Å². The van der Waals surface area contributed by atoms with Crippen LogP contribution >= 0.6 is 0 Å². The number of tetrazole rings is 1. The maximum absolute atomic E-state index is 13.0. The van der Waals surface area contributed by atoms with E-state index in [1.165, 1.54) is 6.07 Å². The quantitative estimate of drug-likeness (QED) is 0.748. The lowest BCUT2D eigenvalue weighted by Crippen LogP contribution is -2.08. The minimum absolute atomic E-state index is 0.0589. The average molecular weight is 350 g/mol. The van der Waals surface area contributed by atoms with Gasteiger partial charge in [-0.2, -0.15) is 18.4 Å². The molecule has 0 saturated heterocycles. The van der Waals surface area contributed by atoms with Crippen LogP contribution in [0.5, 0.6) is 17.2 Å².